The fourth-order valence-corrected chi connectivity index (χ4v) is 1.78. The van der Waals surface area contributed by atoms with Crippen LogP contribution in [0.4, 0.5) is 5.69 Å². The summed E-state index contributed by atoms with van der Waals surface area (Å²) >= 11 is 11.7. The number of hydrogen-bond donors (Lipinski definition) is 2. The van der Waals surface area contributed by atoms with Crippen LogP contribution in [0, 0.1) is 0 Å². The molecule has 7 heteroatoms. The van der Waals surface area contributed by atoms with Gasteiger partial charge in [0.15, 0.2) is 0 Å². The van der Waals surface area contributed by atoms with Crippen LogP contribution in [0.1, 0.15) is 13.3 Å². The molecule has 0 fully saturated rings. The largest absolute Gasteiger partial charge is 0.481 e. The number of aliphatic carboxylic acids is 1. The van der Waals surface area contributed by atoms with E-state index in [2.05, 4.69) is 5.32 Å². The molecule has 0 aromatic heterocycles. The second-order valence-corrected chi connectivity index (χ2v) is 5.23. The number of nitrogens with zero attached hydrogens (tertiary/aromatic N) is 1. The summed E-state index contributed by atoms with van der Waals surface area (Å²) < 4.78 is 0. The summed E-state index contributed by atoms with van der Waals surface area (Å²) in [7, 11) is 1.70. The SMILES string of the molecule is CC(C(=O)Nc1ccc(Cl)c(Cl)c1)N(C)CCC(=O)O. The average Bonchev–Trinajstić information content (AvgIpc) is 2.39. The molecule has 0 heterocycles. The predicted octanol–water partition coefficient (Wildman–Crippen LogP) is 2.73. The molecule has 0 saturated heterocycles. The standard InChI is InChI=1S/C13H16Cl2N2O3/c1-8(17(2)6-5-12(18)19)13(20)16-9-3-4-10(14)11(15)7-9/h3-4,7-8H,5-6H2,1-2H3,(H,16,20)(H,18,19). The number of likely N-dealkylation sites (N-methyl/N-ethyl adjacent to an activating group) is 1. The zero-order chi connectivity index (χ0) is 15.3. The highest BCUT2D eigenvalue weighted by Crippen LogP contribution is 2.25. The van der Waals surface area contributed by atoms with Crippen molar-refractivity contribution in [1.82, 2.24) is 4.90 Å². The molecule has 2 N–H and O–H groups in total. The number of amides is 1. The summed E-state index contributed by atoms with van der Waals surface area (Å²) in [5.41, 5.74) is 0.544. The van der Waals surface area contributed by atoms with Crippen molar-refractivity contribution in [2.24, 2.45) is 0 Å². The fraction of sp³-hybridized carbons (Fsp3) is 0.385. The van der Waals surface area contributed by atoms with Gasteiger partial charge in [-0.3, -0.25) is 14.5 Å². The molecule has 20 heavy (non-hydrogen) atoms. The van der Waals surface area contributed by atoms with E-state index < -0.39 is 12.0 Å². The van der Waals surface area contributed by atoms with Crippen LogP contribution in [0.5, 0.6) is 0 Å². The summed E-state index contributed by atoms with van der Waals surface area (Å²) in [4.78, 5) is 24.2. The van der Waals surface area contributed by atoms with Gasteiger partial charge in [0.05, 0.1) is 22.5 Å². The van der Waals surface area contributed by atoms with Crippen molar-refractivity contribution in [3.63, 3.8) is 0 Å². The Labute approximate surface area is 127 Å². The molecule has 0 spiro atoms. The topological polar surface area (TPSA) is 69.6 Å². The van der Waals surface area contributed by atoms with Crippen LogP contribution < -0.4 is 5.32 Å². The fourth-order valence-electron chi connectivity index (χ4n) is 1.49. The maximum absolute atomic E-state index is 12.0. The molecule has 1 aromatic rings. The van der Waals surface area contributed by atoms with Gasteiger partial charge in [0.1, 0.15) is 0 Å². The maximum Gasteiger partial charge on any atom is 0.304 e. The van der Waals surface area contributed by atoms with E-state index in [-0.39, 0.29) is 12.3 Å². The summed E-state index contributed by atoms with van der Waals surface area (Å²) in [6.07, 6.45) is -0.0130. The first-order chi connectivity index (χ1) is 9.31. The van der Waals surface area contributed by atoms with Crippen LogP contribution >= 0.6 is 23.2 Å². The predicted molar refractivity (Wildman–Crippen MR) is 79.4 cm³/mol. The zero-order valence-electron chi connectivity index (χ0n) is 11.2. The second-order valence-electron chi connectivity index (χ2n) is 4.42. The van der Waals surface area contributed by atoms with E-state index in [1.807, 2.05) is 0 Å². The van der Waals surface area contributed by atoms with Gasteiger partial charge < -0.3 is 10.4 Å². The Kier molecular flexibility index (Phi) is 6.26. The summed E-state index contributed by atoms with van der Waals surface area (Å²) in [6.45, 7) is 2.00. The Hall–Kier alpha value is -1.30. The average molecular weight is 319 g/mol. The van der Waals surface area contributed by atoms with Gasteiger partial charge in [0, 0.05) is 12.2 Å². The van der Waals surface area contributed by atoms with Crippen molar-refractivity contribution in [3.8, 4) is 0 Å². The van der Waals surface area contributed by atoms with E-state index in [4.69, 9.17) is 28.3 Å². The van der Waals surface area contributed by atoms with E-state index in [1.54, 1.807) is 37.1 Å². The van der Waals surface area contributed by atoms with Gasteiger partial charge in [0.25, 0.3) is 0 Å². The molecule has 1 aromatic carbocycles. The van der Waals surface area contributed by atoms with Crippen molar-refractivity contribution >= 4 is 40.8 Å². The van der Waals surface area contributed by atoms with Gasteiger partial charge in [-0.15, -0.1) is 0 Å². The number of hydrogen-bond acceptors (Lipinski definition) is 3. The lowest BCUT2D eigenvalue weighted by Gasteiger charge is -2.23. The molecule has 1 rings (SSSR count). The van der Waals surface area contributed by atoms with Crippen molar-refractivity contribution < 1.29 is 14.7 Å². The molecule has 0 aliphatic rings. The molecular formula is C13H16Cl2N2O3. The highest BCUT2D eigenvalue weighted by Gasteiger charge is 2.18. The summed E-state index contributed by atoms with van der Waals surface area (Å²) in [5.74, 6) is -1.13. The van der Waals surface area contributed by atoms with Crippen molar-refractivity contribution in [1.29, 1.82) is 0 Å². The van der Waals surface area contributed by atoms with Crippen molar-refractivity contribution in [2.45, 2.75) is 19.4 Å². The highest BCUT2D eigenvalue weighted by atomic mass is 35.5. The Balaban J connectivity index is 2.60. The van der Waals surface area contributed by atoms with Gasteiger partial charge in [-0.25, -0.2) is 0 Å². The first-order valence-electron chi connectivity index (χ1n) is 5.99. The number of nitrogens with one attached hydrogen (secondary N) is 1. The van der Waals surface area contributed by atoms with Gasteiger partial charge >= 0.3 is 5.97 Å². The zero-order valence-corrected chi connectivity index (χ0v) is 12.7. The van der Waals surface area contributed by atoms with Gasteiger partial charge in [-0.1, -0.05) is 23.2 Å². The molecular weight excluding hydrogens is 303 g/mol. The molecule has 0 radical (unpaired) electrons. The van der Waals surface area contributed by atoms with Crippen LogP contribution in [0.25, 0.3) is 0 Å². The first kappa shape index (κ1) is 16.8. The number of carbonyl (C=O) groups excluding carboxylic acids is 1. The molecule has 1 amide bonds. The molecule has 5 nitrogen and oxygen atoms in total. The lowest BCUT2D eigenvalue weighted by molar-refractivity contribution is -0.137. The minimum absolute atomic E-state index is 0.0130. The quantitative estimate of drug-likeness (QED) is 0.846. The first-order valence-corrected chi connectivity index (χ1v) is 6.75. The lowest BCUT2D eigenvalue weighted by Crippen LogP contribution is -2.40. The lowest BCUT2D eigenvalue weighted by atomic mass is 10.2. The van der Waals surface area contributed by atoms with Crippen LogP contribution in [0.2, 0.25) is 10.0 Å². The third kappa shape index (κ3) is 5.00. The molecule has 0 saturated carbocycles. The summed E-state index contributed by atoms with van der Waals surface area (Å²) in [5, 5.41) is 12.1. The van der Waals surface area contributed by atoms with Crippen LogP contribution in [0.15, 0.2) is 18.2 Å². The van der Waals surface area contributed by atoms with Gasteiger partial charge in [-0.2, -0.15) is 0 Å². The molecule has 1 unspecified atom stereocenters. The van der Waals surface area contributed by atoms with E-state index in [1.165, 1.54) is 0 Å². The highest BCUT2D eigenvalue weighted by molar-refractivity contribution is 6.42. The number of halogens is 2. The number of benzene rings is 1. The van der Waals surface area contributed by atoms with Crippen molar-refractivity contribution in [2.75, 3.05) is 18.9 Å². The van der Waals surface area contributed by atoms with Crippen LogP contribution in [-0.4, -0.2) is 41.5 Å². The minimum atomic E-state index is -0.894. The molecule has 0 aliphatic heterocycles. The number of anilines is 1. The maximum atomic E-state index is 12.0. The number of carboxylic acid groups (broad SMARTS) is 1. The minimum Gasteiger partial charge on any atom is -0.481 e. The smallest absolute Gasteiger partial charge is 0.304 e. The third-order valence-corrected chi connectivity index (χ3v) is 3.65. The van der Waals surface area contributed by atoms with Crippen LogP contribution in [-0.2, 0) is 9.59 Å². The van der Waals surface area contributed by atoms with Crippen molar-refractivity contribution in [3.05, 3.63) is 28.2 Å². The van der Waals surface area contributed by atoms with E-state index >= 15 is 0 Å². The van der Waals surface area contributed by atoms with E-state index in [0.717, 1.165) is 0 Å². The van der Waals surface area contributed by atoms with Gasteiger partial charge in [-0.05, 0) is 32.2 Å². The number of carbonyl (C=O) groups is 2. The molecule has 110 valence electrons. The van der Waals surface area contributed by atoms with E-state index in [9.17, 15) is 9.59 Å². The Morgan fingerprint density at radius 2 is 2.00 bits per heavy atom. The monoisotopic (exact) mass is 318 g/mol. The second kappa shape index (κ2) is 7.47. The van der Waals surface area contributed by atoms with Gasteiger partial charge in [0.2, 0.25) is 5.91 Å². The number of rotatable bonds is 6. The molecule has 0 aliphatic carbocycles. The number of carboxylic acids is 1. The Morgan fingerprint density at radius 3 is 2.55 bits per heavy atom. The molecule has 0 bridgehead atoms. The van der Waals surface area contributed by atoms with E-state index in [0.29, 0.717) is 22.3 Å². The normalized spacial score (nSPS) is 12.2. The third-order valence-electron chi connectivity index (χ3n) is 2.91. The Morgan fingerprint density at radius 1 is 1.35 bits per heavy atom. The summed E-state index contributed by atoms with van der Waals surface area (Å²) in [6, 6.07) is 4.35. The Bertz CT molecular complexity index is 508. The van der Waals surface area contributed by atoms with Crippen LogP contribution in [0.3, 0.4) is 0 Å². The molecule has 1 atom stereocenters.